The summed E-state index contributed by atoms with van der Waals surface area (Å²) in [5.41, 5.74) is -0.991. The Kier molecular flexibility index (Phi) is 3.59. The molecule has 2 rings (SSSR count). The zero-order valence-corrected chi connectivity index (χ0v) is 9.88. The van der Waals surface area contributed by atoms with Crippen LogP contribution in [-0.2, 0) is 13.5 Å². The molecular weight excluding hydrogens is 205 g/mol. The van der Waals surface area contributed by atoms with Gasteiger partial charge in [0, 0.05) is 25.9 Å². The molecule has 1 N–H and O–H groups in total. The Balaban J connectivity index is 1.90. The highest BCUT2D eigenvalue weighted by Gasteiger charge is 2.30. The smallest absolute Gasteiger partial charge is 0.112 e. The summed E-state index contributed by atoms with van der Waals surface area (Å²) in [6.07, 6.45) is 7.28. The van der Waals surface area contributed by atoms with Gasteiger partial charge in [-0.3, -0.25) is 0 Å². The molecule has 0 spiro atoms. The van der Waals surface area contributed by atoms with E-state index in [1.807, 2.05) is 17.8 Å². The predicted octanol–water partition coefficient (Wildman–Crippen LogP) is 1.83. The van der Waals surface area contributed by atoms with E-state index in [0.717, 1.165) is 31.8 Å². The SMILES string of the molecule is Cn1ccnc1CCC1(F)CCCNCC1. The third-order valence-corrected chi connectivity index (χ3v) is 3.45. The summed E-state index contributed by atoms with van der Waals surface area (Å²) in [5, 5.41) is 3.25. The van der Waals surface area contributed by atoms with Crippen LogP contribution < -0.4 is 5.32 Å². The summed E-state index contributed by atoms with van der Waals surface area (Å²) in [5.74, 6) is 0.981. The minimum Gasteiger partial charge on any atom is -0.338 e. The van der Waals surface area contributed by atoms with Crippen LogP contribution in [0, 0.1) is 0 Å². The van der Waals surface area contributed by atoms with Crippen molar-refractivity contribution in [1.82, 2.24) is 14.9 Å². The molecule has 0 saturated carbocycles. The second-order valence-electron chi connectivity index (χ2n) is 4.71. The molecule has 2 heterocycles. The number of aromatic nitrogens is 2. The molecule has 0 bridgehead atoms. The standard InChI is InChI=1S/C12H20FN3/c1-16-10-9-15-11(16)3-5-12(13)4-2-7-14-8-6-12/h9-10,14H,2-8H2,1H3. The molecule has 1 aliphatic heterocycles. The monoisotopic (exact) mass is 225 g/mol. The molecule has 1 saturated heterocycles. The minimum atomic E-state index is -0.991. The average Bonchev–Trinajstić information content (AvgIpc) is 2.54. The number of hydrogen-bond donors (Lipinski definition) is 1. The van der Waals surface area contributed by atoms with Gasteiger partial charge in [-0.2, -0.15) is 0 Å². The molecule has 0 aliphatic carbocycles. The lowest BCUT2D eigenvalue weighted by Gasteiger charge is -2.22. The number of hydrogen-bond acceptors (Lipinski definition) is 2. The first-order chi connectivity index (χ1) is 7.70. The fourth-order valence-electron chi connectivity index (χ4n) is 2.32. The third kappa shape index (κ3) is 2.82. The van der Waals surface area contributed by atoms with Crippen LogP contribution in [0.1, 0.15) is 31.5 Å². The highest BCUT2D eigenvalue weighted by Crippen LogP contribution is 2.29. The molecule has 3 nitrogen and oxygen atoms in total. The van der Waals surface area contributed by atoms with Crippen LogP contribution in [0.4, 0.5) is 4.39 Å². The van der Waals surface area contributed by atoms with Gasteiger partial charge in [0.05, 0.1) is 0 Å². The van der Waals surface area contributed by atoms with Crippen molar-refractivity contribution < 1.29 is 4.39 Å². The Labute approximate surface area is 96.1 Å². The van der Waals surface area contributed by atoms with Crippen molar-refractivity contribution in [3.05, 3.63) is 18.2 Å². The first-order valence-electron chi connectivity index (χ1n) is 6.05. The summed E-state index contributed by atoms with van der Waals surface area (Å²) >= 11 is 0. The maximum absolute atomic E-state index is 14.5. The van der Waals surface area contributed by atoms with E-state index in [-0.39, 0.29) is 0 Å². The highest BCUT2D eigenvalue weighted by molar-refractivity contribution is 4.94. The van der Waals surface area contributed by atoms with Gasteiger partial charge in [-0.1, -0.05) is 0 Å². The lowest BCUT2D eigenvalue weighted by molar-refractivity contribution is 0.131. The van der Waals surface area contributed by atoms with E-state index in [1.165, 1.54) is 0 Å². The summed E-state index contributed by atoms with van der Waals surface area (Å²) in [6.45, 7) is 1.76. The van der Waals surface area contributed by atoms with E-state index in [2.05, 4.69) is 10.3 Å². The average molecular weight is 225 g/mol. The predicted molar refractivity (Wildman–Crippen MR) is 62.1 cm³/mol. The maximum Gasteiger partial charge on any atom is 0.112 e. The Morgan fingerprint density at radius 3 is 3.12 bits per heavy atom. The van der Waals surface area contributed by atoms with Crippen LogP contribution in [0.15, 0.2) is 12.4 Å². The molecule has 16 heavy (non-hydrogen) atoms. The van der Waals surface area contributed by atoms with Crippen LogP contribution in [0.25, 0.3) is 0 Å². The maximum atomic E-state index is 14.5. The van der Waals surface area contributed by atoms with Gasteiger partial charge < -0.3 is 9.88 Å². The van der Waals surface area contributed by atoms with Crippen LogP contribution >= 0.6 is 0 Å². The van der Waals surface area contributed by atoms with Crippen molar-refractivity contribution in [3.8, 4) is 0 Å². The van der Waals surface area contributed by atoms with E-state index < -0.39 is 5.67 Å². The molecule has 90 valence electrons. The van der Waals surface area contributed by atoms with Crippen LogP contribution in [-0.4, -0.2) is 28.3 Å². The molecule has 1 atom stereocenters. The number of alkyl halides is 1. The van der Waals surface area contributed by atoms with Crippen LogP contribution in [0.2, 0.25) is 0 Å². The molecule has 1 aliphatic rings. The van der Waals surface area contributed by atoms with Gasteiger partial charge >= 0.3 is 0 Å². The molecule has 1 aromatic heterocycles. The number of nitrogens with one attached hydrogen (secondary N) is 1. The fraction of sp³-hybridized carbons (Fsp3) is 0.750. The zero-order valence-electron chi connectivity index (χ0n) is 9.88. The van der Waals surface area contributed by atoms with E-state index in [9.17, 15) is 4.39 Å². The topological polar surface area (TPSA) is 29.9 Å². The van der Waals surface area contributed by atoms with E-state index in [4.69, 9.17) is 0 Å². The summed E-state index contributed by atoms with van der Waals surface area (Å²) < 4.78 is 16.4. The molecule has 0 radical (unpaired) electrons. The molecule has 1 unspecified atom stereocenters. The number of nitrogens with zero attached hydrogens (tertiary/aromatic N) is 2. The molecule has 0 aromatic carbocycles. The quantitative estimate of drug-likeness (QED) is 0.850. The van der Waals surface area contributed by atoms with E-state index in [0.29, 0.717) is 19.3 Å². The van der Waals surface area contributed by atoms with Gasteiger partial charge in [-0.05, 0) is 38.8 Å². The number of halogens is 1. The summed E-state index contributed by atoms with van der Waals surface area (Å²) in [6, 6.07) is 0. The molecule has 1 fully saturated rings. The molecular formula is C12H20FN3. The lowest BCUT2D eigenvalue weighted by atomic mass is 9.91. The molecule has 4 heteroatoms. The fourth-order valence-corrected chi connectivity index (χ4v) is 2.32. The van der Waals surface area contributed by atoms with Gasteiger partial charge in [-0.25, -0.2) is 9.37 Å². The van der Waals surface area contributed by atoms with Crippen molar-refractivity contribution in [3.63, 3.8) is 0 Å². The van der Waals surface area contributed by atoms with Gasteiger partial charge in [0.25, 0.3) is 0 Å². The highest BCUT2D eigenvalue weighted by atomic mass is 19.1. The van der Waals surface area contributed by atoms with Crippen molar-refractivity contribution in [2.45, 2.75) is 37.8 Å². The Bertz CT molecular complexity index is 327. The normalized spacial score (nSPS) is 26.6. The Morgan fingerprint density at radius 2 is 2.38 bits per heavy atom. The second kappa shape index (κ2) is 4.95. The van der Waals surface area contributed by atoms with Crippen molar-refractivity contribution >= 4 is 0 Å². The lowest BCUT2D eigenvalue weighted by Crippen LogP contribution is -2.25. The minimum absolute atomic E-state index is 0.597. The van der Waals surface area contributed by atoms with E-state index >= 15 is 0 Å². The Morgan fingerprint density at radius 1 is 1.50 bits per heavy atom. The molecule has 1 aromatic rings. The first-order valence-corrected chi connectivity index (χ1v) is 6.05. The van der Waals surface area contributed by atoms with Gasteiger partial charge in [-0.15, -0.1) is 0 Å². The van der Waals surface area contributed by atoms with Crippen LogP contribution in [0.5, 0.6) is 0 Å². The summed E-state index contributed by atoms with van der Waals surface area (Å²) in [4.78, 5) is 4.24. The molecule has 0 amide bonds. The number of aryl methyl sites for hydroxylation is 2. The first kappa shape index (κ1) is 11.6. The third-order valence-electron chi connectivity index (χ3n) is 3.45. The van der Waals surface area contributed by atoms with E-state index in [1.54, 1.807) is 6.20 Å². The van der Waals surface area contributed by atoms with Crippen molar-refractivity contribution in [2.75, 3.05) is 13.1 Å². The van der Waals surface area contributed by atoms with Gasteiger partial charge in [0.2, 0.25) is 0 Å². The second-order valence-corrected chi connectivity index (χ2v) is 4.71. The van der Waals surface area contributed by atoms with Crippen molar-refractivity contribution in [2.24, 2.45) is 7.05 Å². The largest absolute Gasteiger partial charge is 0.338 e. The summed E-state index contributed by atoms with van der Waals surface area (Å²) in [7, 11) is 1.96. The van der Waals surface area contributed by atoms with Crippen LogP contribution in [0.3, 0.4) is 0 Å². The zero-order chi connectivity index (χ0) is 11.4. The number of imidazole rings is 1. The van der Waals surface area contributed by atoms with Gasteiger partial charge in [0.15, 0.2) is 0 Å². The van der Waals surface area contributed by atoms with Crippen molar-refractivity contribution in [1.29, 1.82) is 0 Å². The van der Waals surface area contributed by atoms with Gasteiger partial charge in [0.1, 0.15) is 11.5 Å². The number of rotatable bonds is 3. The Hall–Kier alpha value is -0.900.